The van der Waals surface area contributed by atoms with Gasteiger partial charge in [0.25, 0.3) is 0 Å². The lowest BCUT2D eigenvalue weighted by Crippen LogP contribution is -2.15. The lowest BCUT2D eigenvalue weighted by Gasteiger charge is -2.23. The first-order chi connectivity index (χ1) is 21.9. The number of nitrogens with one attached hydrogen (secondary N) is 1. The Labute approximate surface area is 266 Å². The fraction of sp³-hybridized carbons (Fsp3) is 0.143. The van der Waals surface area contributed by atoms with Crippen molar-refractivity contribution in [2.75, 3.05) is 24.5 Å². The Morgan fingerprint density at radius 2 is 1.36 bits per heavy atom. The molecule has 6 aromatic carbocycles. The lowest BCUT2D eigenvalue weighted by molar-refractivity contribution is 0.280. The van der Waals surface area contributed by atoms with Crippen molar-refractivity contribution in [1.82, 2.24) is 0 Å². The van der Waals surface area contributed by atoms with Crippen molar-refractivity contribution in [3.05, 3.63) is 161 Å². The summed E-state index contributed by atoms with van der Waals surface area (Å²) in [6.07, 6.45) is 3.22. The summed E-state index contributed by atoms with van der Waals surface area (Å²) in [4.78, 5) is 0. The van der Waals surface area contributed by atoms with Gasteiger partial charge in [0, 0.05) is 19.5 Å². The lowest BCUT2D eigenvalue weighted by atomic mass is 9.80. The number of hydroxylamine groups is 1. The van der Waals surface area contributed by atoms with Crippen LogP contribution in [0.5, 0.6) is 0 Å². The molecule has 0 aliphatic heterocycles. The third-order valence-electron chi connectivity index (χ3n) is 9.43. The van der Waals surface area contributed by atoms with Crippen LogP contribution >= 0.6 is 0 Å². The number of benzene rings is 6. The van der Waals surface area contributed by atoms with Crippen molar-refractivity contribution in [3.8, 4) is 22.3 Å². The van der Waals surface area contributed by atoms with E-state index in [0.29, 0.717) is 0 Å². The second-order valence-electron chi connectivity index (χ2n) is 12.4. The molecule has 0 unspecified atom stereocenters. The van der Waals surface area contributed by atoms with Crippen LogP contribution in [0.1, 0.15) is 41.7 Å². The van der Waals surface area contributed by atoms with Crippen LogP contribution in [0.15, 0.2) is 133 Å². The molecule has 1 aliphatic rings. The number of rotatable bonds is 7. The summed E-state index contributed by atoms with van der Waals surface area (Å²) in [6.45, 7) is 4.72. The normalized spacial score (nSPS) is 13.4. The highest BCUT2D eigenvalue weighted by Crippen LogP contribution is 2.52. The van der Waals surface area contributed by atoms with E-state index in [0.717, 1.165) is 34.0 Å². The molecule has 0 aromatic heterocycles. The van der Waals surface area contributed by atoms with Crippen molar-refractivity contribution in [2.45, 2.75) is 25.7 Å². The second-order valence-corrected chi connectivity index (χ2v) is 12.4. The van der Waals surface area contributed by atoms with Crippen LogP contribution in [0.3, 0.4) is 0 Å². The van der Waals surface area contributed by atoms with Gasteiger partial charge in [-0.3, -0.25) is 10.3 Å². The molecule has 0 bridgehead atoms. The van der Waals surface area contributed by atoms with Crippen molar-refractivity contribution in [1.29, 1.82) is 0 Å². The summed E-state index contributed by atoms with van der Waals surface area (Å²) in [5.74, 6) is 0. The molecule has 0 radical (unpaired) electrons. The molecule has 1 aliphatic carbocycles. The van der Waals surface area contributed by atoms with E-state index in [4.69, 9.17) is 0 Å². The Bertz CT molecular complexity index is 2050. The van der Waals surface area contributed by atoms with E-state index in [1.165, 1.54) is 55.3 Å². The summed E-state index contributed by atoms with van der Waals surface area (Å²) >= 11 is 0. The van der Waals surface area contributed by atoms with Gasteiger partial charge in [0.1, 0.15) is 0 Å². The molecule has 7 rings (SSSR count). The maximum atomic E-state index is 10.2. The average Bonchev–Trinajstić information content (AvgIpc) is 3.31. The minimum atomic E-state index is -0.0530. The van der Waals surface area contributed by atoms with Crippen LogP contribution in [-0.4, -0.2) is 19.3 Å². The number of anilines is 2. The van der Waals surface area contributed by atoms with Crippen LogP contribution in [0, 0.1) is 0 Å². The van der Waals surface area contributed by atoms with E-state index in [9.17, 15) is 5.21 Å². The molecule has 2 N–H and O–H groups in total. The fourth-order valence-electron chi connectivity index (χ4n) is 7.06. The van der Waals surface area contributed by atoms with Gasteiger partial charge in [-0.05, 0) is 85.0 Å². The Kier molecular flexibility index (Phi) is 7.27. The highest BCUT2D eigenvalue weighted by molar-refractivity contribution is 6.04. The van der Waals surface area contributed by atoms with Gasteiger partial charge in [-0.15, -0.1) is 0 Å². The monoisotopic (exact) mass is 586 g/mol. The molecule has 6 aromatic rings. The first-order valence-electron chi connectivity index (χ1n) is 15.6. The molecule has 0 fully saturated rings. The van der Waals surface area contributed by atoms with Gasteiger partial charge in [0.05, 0.1) is 11.4 Å². The molecular formula is C42H38N2O. The zero-order valence-electron chi connectivity index (χ0n) is 26.3. The van der Waals surface area contributed by atoms with Crippen LogP contribution in [0.4, 0.5) is 11.4 Å². The number of nitrogens with zero attached hydrogens (tertiary/aromatic N) is 1. The Hall–Kier alpha value is -5.12. The van der Waals surface area contributed by atoms with Crippen LogP contribution in [0.2, 0.25) is 0 Å². The molecule has 3 nitrogen and oxygen atoms in total. The molecule has 45 heavy (non-hydrogen) atoms. The number of hydrogen-bond acceptors (Lipinski definition) is 3. The first-order valence-corrected chi connectivity index (χ1v) is 15.6. The van der Waals surface area contributed by atoms with Gasteiger partial charge in [-0.1, -0.05) is 135 Å². The summed E-state index contributed by atoms with van der Waals surface area (Å²) in [7, 11) is 3.50. The summed E-state index contributed by atoms with van der Waals surface area (Å²) in [5.41, 5.74) is 14.2. The second kappa shape index (κ2) is 11.4. The van der Waals surface area contributed by atoms with Gasteiger partial charge < -0.3 is 5.32 Å². The number of allylic oxidation sites excluding steroid dienone is 1. The molecule has 0 saturated carbocycles. The fourth-order valence-corrected chi connectivity index (χ4v) is 7.06. The van der Waals surface area contributed by atoms with Crippen molar-refractivity contribution >= 4 is 27.7 Å². The van der Waals surface area contributed by atoms with Crippen molar-refractivity contribution < 1.29 is 5.21 Å². The van der Waals surface area contributed by atoms with Gasteiger partial charge in [0.15, 0.2) is 0 Å². The molecule has 0 heterocycles. The summed E-state index contributed by atoms with van der Waals surface area (Å²) in [6, 6.07) is 45.8. The van der Waals surface area contributed by atoms with E-state index < -0.39 is 0 Å². The highest BCUT2D eigenvalue weighted by atomic mass is 16.5. The Morgan fingerprint density at radius 3 is 2.09 bits per heavy atom. The van der Waals surface area contributed by atoms with Crippen LogP contribution in [0.25, 0.3) is 38.6 Å². The van der Waals surface area contributed by atoms with Crippen LogP contribution < -0.4 is 10.4 Å². The highest BCUT2D eigenvalue weighted by Gasteiger charge is 2.36. The molecule has 222 valence electrons. The zero-order valence-corrected chi connectivity index (χ0v) is 26.3. The SMILES string of the molecule is CNc1ccc(-c2ccc(/C(=C/Cc3cc4c(c5ccccc35)-c3ccccc3C4(C)C)c3ccccc3)cc2)cc1N(C)O. The summed E-state index contributed by atoms with van der Waals surface area (Å²) in [5, 5.41) is 17.1. The number of hydrogen-bond donors (Lipinski definition) is 2. The molecule has 0 atom stereocenters. The van der Waals surface area contributed by atoms with Crippen molar-refractivity contribution in [2.24, 2.45) is 0 Å². The third kappa shape index (κ3) is 5.00. The van der Waals surface area contributed by atoms with Crippen LogP contribution in [-0.2, 0) is 11.8 Å². The largest absolute Gasteiger partial charge is 0.386 e. The maximum Gasteiger partial charge on any atom is 0.0868 e. The van der Waals surface area contributed by atoms with Gasteiger partial charge >= 0.3 is 0 Å². The topological polar surface area (TPSA) is 35.5 Å². The smallest absolute Gasteiger partial charge is 0.0868 e. The maximum absolute atomic E-state index is 10.2. The first kappa shape index (κ1) is 28.6. The molecule has 0 amide bonds. The van der Waals surface area contributed by atoms with Gasteiger partial charge in [0.2, 0.25) is 0 Å². The Morgan fingerprint density at radius 1 is 0.711 bits per heavy atom. The number of fused-ring (bicyclic) bond motifs is 5. The van der Waals surface area contributed by atoms with E-state index in [1.54, 1.807) is 7.05 Å². The Balaban J connectivity index is 1.30. The van der Waals surface area contributed by atoms with E-state index >= 15 is 0 Å². The molecule has 0 saturated heterocycles. The summed E-state index contributed by atoms with van der Waals surface area (Å²) < 4.78 is 0. The minimum absolute atomic E-state index is 0.0530. The predicted octanol–water partition coefficient (Wildman–Crippen LogP) is 10.4. The van der Waals surface area contributed by atoms with Gasteiger partial charge in [-0.2, -0.15) is 0 Å². The van der Waals surface area contributed by atoms with Gasteiger partial charge in [-0.25, -0.2) is 0 Å². The standard InChI is InChI=1S/C42H38N2O/c1-42(2)37-17-11-10-16-36(37)41-35-15-9-8-14-34(35)32(26-38(41)42)22-24-33(29-12-6-5-7-13-29)30-20-18-28(19-21-30)31-23-25-39(43-3)40(27-31)44(4)45/h5-21,23-27,43,45H,22H2,1-4H3/b33-24+. The molecule has 3 heteroatoms. The quantitative estimate of drug-likeness (QED) is 0.183. The predicted molar refractivity (Wildman–Crippen MR) is 190 cm³/mol. The minimum Gasteiger partial charge on any atom is -0.386 e. The average molecular weight is 587 g/mol. The van der Waals surface area contributed by atoms with E-state index in [2.05, 4.69) is 141 Å². The van der Waals surface area contributed by atoms with Crippen molar-refractivity contribution in [3.63, 3.8) is 0 Å². The van der Waals surface area contributed by atoms with E-state index in [1.807, 2.05) is 19.2 Å². The van der Waals surface area contributed by atoms with E-state index in [-0.39, 0.29) is 5.41 Å². The molecule has 0 spiro atoms. The molecular weight excluding hydrogens is 548 g/mol. The zero-order chi connectivity index (χ0) is 31.1. The third-order valence-corrected chi connectivity index (χ3v) is 9.43.